The molecule has 1 aromatic heterocycles. The van der Waals surface area contributed by atoms with E-state index in [4.69, 9.17) is 0 Å². The molecule has 0 spiro atoms. The highest BCUT2D eigenvalue weighted by atomic mass is 16.1. The fourth-order valence-electron chi connectivity index (χ4n) is 1.97. The predicted molar refractivity (Wildman–Crippen MR) is 75.9 cm³/mol. The van der Waals surface area contributed by atoms with Gasteiger partial charge in [-0.1, -0.05) is 19.4 Å². The van der Waals surface area contributed by atoms with Crippen LogP contribution >= 0.6 is 0 Å². The standard InChI is InChI=1S/C14H20N4O/c1-3-4-8-15-10(2)18-14(19)11-6-5-7-12-13(11)17-9-16-12/h5-7,9-10,15H,3-4,8H2,1-2H3,(H,16,17)(H,18,19). The van der Waals surface area contributed by atoms with E-state index >= 15 is 0 Å². The van der Waals surface area contributed by atoms with Crippen molar-refractivity contribution < 1.29 is 4.79 Å². The molecule has 1 heterocycles. The number of benzene rings is 1. The van der Waals surface area contributed by atoms with Crippen LogP contribution in [0.5, 0.6) is 0 Å². The van der Waals surface area contributed by atoms with E-state index < -0.39 is 0 Å². The third-order valence-electron chi connectivity index (χ3n) is 3.02. The van der Waals surface area contributed by atoms with E-state index in [9.17, 15) is 4.79 Å². The number of rotatable bonds is 6. The Morgan fingerprint density at radius 3 is 3.11 bits per heavy atom. The Kier molecular flexibility index (Phi) is 4.52. The number of carbonyl (C=O) groups excluding carboxylic acids is 1. The minimum absolute atomic E-state index is 0.0479. The molecule has 5 heteroatoms. The van der Waals surface area contributed by atoms with Gasteiger partial charge in [0, 0.05) is 0 Å². The summed E-state index contributed by atoms with van der Waals surface area (Å²) in [5.74, 6) is -0.103. The van der Waals surface area contributed by atoms with Crippen molar-refractivity contribution in [2.24, 2.45) is 0 Å². The fourth-order valence-corrected chi connectivity index (χ4v) is 1.97. The molecule has 0 aliphatic heterocycles. The molecular formula is C14H20N4O. The Labute approximate surface area is 112 Å². The van der Waals surface area contributed by atoms with Crippen molar-refractivity contribution in [3.8, 4) is 0 Å². The van der Waals surface area contributed by atoms with Gasteiger partial charge in [0.1, 0.15) is 5.52 Å². The van der Waals surface area contributed by atoms with Gasteiger partial charge < -0.3 is 10.3 Å². The van der Waals surface area contributed by atoms with Crippen LogP contribution in [0, 0.1) is 0 Å². The Bertz CT molecular complexity index is 549. The highest BCUT2D eigenvalue weighted by Gasteiger charge is 2.13. The zero-order valence-electron chi connectivity index (χ0n) is 11.4. The van der Waals surface area contributed by atoms with Gasteiger partial charge in [0.2, 0.25) is 0 Å². The third kappa shape index (κ3) is 3.32. The lowest BCUT2D eigenvalue weighted by atomic mass is 10.1. The first kappa shape index (κ1) is 13.5. The molecule has 0 fully saturated rings. The molecule has 0 saturated heterocycles. The number of aromatic nitrogens is 2. The summed E-state index contributed by atoms with van der Waals surface area (Å²) in [4.78, 5) is 19.4. The highest BCUT2D eigenvalue weighted by Crippen LogP contribution is 2.14. The number of hydrogen-bond donors (Lipinski definition) is 3. The molecule has 19 heavy (non-hydrogen) atoms. The van der Waals surface area contributed by atoms with Crippen LogP contribution in [0.1, 0.15) is 37.0 Å². The minimum atomic E-state index is -0.103. The molecule has 0 aliphatic rings. The van der Waals surface area contributed by atoms with E-state index in [0.717, 1.165) is 24.9 Å². The first-order chi connectivity index (χ1) is 9.22. The van der Waals surface area contributed by atoms with Crippen LogP contribution in [0.25, 0.3) is 11.0 Å². The first-order valence-electron chi connectivity index (χ1n) is 6.68. The van der Waals surface area contributed by atoms with Crippen LogP contribution in [-0.2, 0) is 0 Å². The van der Waals surface area contributed by atoms with Crippen LogP contribution in [0.3, 0.4) is 0 Å². The fraction of sp³-hybridized carbons (Fsp3) is 0.429. The highest BCUT2D eigenvalue weighted by molar-refractivity contribution is 6.04. The van der Waals surface area contributed by atoms with Gasteiger partial charge in [0.25, 0.3) is 5.91 Å². The Hall–Kier alpha value is -1.88. The summed E-state index contributed by atoms with van der Waals surface area (Å²) in [6.45, 7) is 4.99. The largest absolute Gasteiger partial charge is 0.345 e. The number of nitrogens with one attached hydrogen (secondary N) is 3. The zero-order chi connectivity index (χ0) is 13.7. The maximum absolute atomic E-state index is 12.2. The number of carbonyl (C=O) groups is 1. The summed E-state index contributed by atoms with van der Waals surface area (Å²) in [7, 11) is 0. The van der Waals surface area contributed by atoms with Gasteiger partial charge in [-0.2, -0.15) is 0 Å². The van der Waals surface area contributed by atoms with Crippen molar-refractivity contribution in [3.63, 3.8) is 0 Å². The van der Waals surface area contributed by atoms with Crippen molar-refractivity contribution >= 4 is 16.9 Å². The van der Waals surface area contributed by atoms with Crippen molar-refractivity contribution in [3.05, 3.63) is 30.1 Å². The molecule has 1 amide bonds. The maximum atomic E-state index is 12.2. The SMILES string of the molecule is CCCCNC(C)NC(=O)c1cccc2[nH]cnc12. The first-order valence-corrected chi connectivity index (χ1v) is 6.68. The summed E-state index contributed by atoms with van der Waals surface area (Å²) in [5.41, 5.74) is 2.18. The van der Waals surface area contributed by atoms with Crippen molar-refractivity contribution in [1.29, 1.82) is 0 Å². The number of unbranched alkanes of at least 4 members (excludes halogenated alkanes) is 1. The molecule has 1 unspecified atom stereocenters. The summed E-state index contributed by atoms with van der Waals surface area (Å²) < 4.78 is 0. The Balaban J connectivity index is 2.01. The molecule has 0 radical (unpaired) electrons. The van der Waals surface area contributed by atoms with Crippen molar-refractivity contribution in [2.45, 2.75) is 32.9 Å². The lowest BCUT2D eigenvalue weighted by Gasteiger charge is -2.15. The van der Waals surface area contributed by atoms with Crippen LogP contribution in [-0.4, -0.2) is 28.6 Å². The summed E-state index contributed by atoms with van der Waals surface area (Å²) in [5, 5.41) is 6.20. The molecule has 0 bridgehead atoms. The second-order valence-electron chi connectivity index (χ2n) is 4.61. The van der Waals surface area contributed by atoms with Crippen LogP contribution < -0.4 is 10.6 Å². The molecule has 102 valence electrons. The van der Waals surface area contributed by atoms with E-state index in [1.165, 1.54) is 0 Å². The number of amides is 1. The molecule has 2 aromatic rings. The molecular weight excluding hydrogens is 240 g/mol. The van der Waals surface area contributed by atoms with E-state index in [2.05, 4.69) is 27.5 Å². The van der Waals surface area contributed by atoms with E-state index in [1.54, 1.807) is 12.4 Å². The molecule has 2 rings (SSSR count). The molecule has 0 saturated carbocycles. The zero-order valence-corrected chi connectivity index (χ0v) is 11.4. The number of fused-ring (bicyclic) bond motifs is 1. The van der Waals surface area contributed by atoms with Gasteiger partial charge in [0.05, 0.1) is 23.6 Å². The summed E-state index contributed by atoms with van der Waals surface area (Å²) >= 11 is 0. The third-order valence-corrected chi connectivity index (χ3v) is 3.02. The van der Waals surface area contributed by atoms with Crippen LogP contribution in [0.2, 0.25) is 0 Å². The number of imidazole rings is 1. The average molecular weight is 260 g/mol. The van der Waals surface area contributed by atoms with Crippen molar-refractivity contribution in [2.75, 3.05) is 6.54 Å². The van der Waals surface area contributed by atoms with E-state index in [1.807, 2.05) is 19.1 Å². The number of para-hydroxylation sites is 1. The summed E-state index contributed by atoms with van der Waals surface area (Å²) in [6.07, 6.45) is 3.80. The smallest absolute Gasteiger partial charge is 0.254 e. The maximum Gasteiger partial charge on any atom is 0.254 e. The van der Waals surface area contributed by atoms with Gasteiger partial charge in [-0.15, -0.1) is 0 Å². The monoisotopic (exact) mass is 260 g/mol. The molecule has 0 aliphatic carbocycles. The van der Waals surface area contributed by atoms with E-state index in [-0.39, 0.29) is 12.1 Å². The normalized spacial score (nSPS) is 12.5. The number of nitrogens with zero attached hydrogens (tertiary/aromatic N) is 1. The quantitative estimate of drug-likeness (QED) is 0.550. The molecule has 1 atom stereocenters. The molecule has 3 N–H and O–H groups in total. The van der Waals surface area contributed by atoms with Crippen LogP contribution in [0.15, 0.2) is 24.5 Å². The van der Waals surface area contributed by atoms with Gasteiger partial charge >= 0.3 is 0 Å². The van der Waals surface area contributed by atoms with Gasteiger partial charge in [-0.25, -0.2) is 4.98 Å². The molecule has 1 aromatic carbocycles. The second kappa shape index (κ2) is 6.33. The topological polar surface area (TPSA) is 69.8 Å². The molecule has 5 nitrogen and oxygen atoms in total. The van der Waals surface area contributed by atoms with Gasteiger partial charge in [0.15, 0.2) is 0 Å². The summed E-state index contributed by atoms with van der Waals surface area (Å²) in [6, 6.07) is 5.55. The average Bonchev–Trinajstić information content (AvgIpc) is 2.86. The van der Waals surface area contributed by atoms with Gasteiger partial charge in [-0.3, -0.25) is 10.1 Å². The lowest BCUT2D eigenvalue weighted by Crippen LogP contribution is -2.43. The van der Waals surface area contributed by atoms with E-state index in [0.29, 0.717) is 11.1 Å². The number of H-pyrrole nitrogens is 1. The lowest BCUT2D eigenvalue weighted by molar-refractivity contribution is 0.0935. The predicted octanol–water partition coefficient (Wildman–Crippen LogP) is 2.03. The van der Waals surface area contributed by atoms with Crippen LogP contribution in [0.4, 0.5) is 0 Å². The Morgan fingerprint density at radius 2 is 2.32 bits per heavy atom. The van der Waals surface area contributed by atoms with Crippen molar-refractivity contribution in [1.82, 2.24) is 20.6 Å². The van der Waals surface area contributed by atoms with Gasteiger partial charge in [-0.05, 0) is 32.0 Å². The number of aromatic amines is 1. The minimum Gasteiger partial charge on any atom is -0.345 e. The number of hydrogen-bond acceptors (Lipinski definition) is 3. The Morgan fingerprint density at radius 1 is 1.47 bits per heavy atom. The second-order valence-corrected chi connectivity index (χ2v) is 4.61.